The SMILES string of the molecule is CN=C(NCC(=O)Nc1ccc(F)c(F)c1F)NCc1coc(-c2ccc(C)cc2)n1. The molecule has 10 heteroatoms. The Morgan fingerprint density at radius 3 is 2.52 bits per heavy atom. The molecule has 0 fully saturated rings. The maximum absolute atomic E-state index is 13.6. The minimum Gasteiger partial charge on any atom is -0.444 e. The summed E-state index contributed by atoms with van der Waals surface area (Å²) >= 11 is 0. The smallest absolute Gasteiger partial charge is 0.243 e. The largest absolute Gasteiger partial charge is 0.444 e. The molecule has 3 aromatic rings. The van der Waals surface area contributed by atoms with Gasteiger partial charge in [0, 0.05) is 12.6 Å². The fourth-order valence-electron chi connectivity index (χ4n) is 2.59. The Morgan fingerprint density at radius 1 is 1.06 bits per heavy atom. The predicted molar refractivity (Wildman–Crippen MR) is 110 cm³/mol. The van der Waals surface area contributed by atoms with Gasteiger partial charge in [-0.1, -0.05) is 17.7 Å². The van der Waals surface area contributed by atoms with Crippen LogP contribution in [0.25, 0.3) is 11.5 Å². The molecule has 1 amide bonds. The maximum Gasteiger partial charge on any atom is 0.243 e. The second-order valence-corrected chi connectivity index (χ2v) is 6.56. The molecule has 0 atom stereocenters. The van der Waals surface area contributed by atoms with Crippen molar-refractivity contribution in [2.75, 3.05) is 18.9 Å². The molecule has 0 aliphatic rings. The molecule has 7 nitrogen and oxygen atoms in total. The minimum atomic E-state index is -1.65. The standard InChI is InChI=1S/C21H20F3N5O2/c1-12-3-5-13(6-4-12)20-28-14(11-31-20)9-26-21(25-2)27-10-17(30)29-16-8-7-15(22)18(23)19(16)24/h3-8,11H,9-10H2,1-2H3,(H,29,30)(H2,25,26,27). The van der Waals surface area contributed by atoms with Gasteiger partial charge in [0.15, 0.2) is 23.4 Å². The molecule has 0 radical (unpaired) electrons. The Kier molecular flexibility index (Phi) is 6.91. The van der Waals surface area contributed by atoms with Gasteiger partial charge in [-0.3, -0.25) is 9.79 Å². The van der Waals surface area contributed by atoms with Crippen LogP contribution in [-0.4, -0.2) is 30.4 Å². The summed E-state index contributed by atoms with van der Waals surface area (Å²) in [7, 11) is 1.50. The molecular formula is C21H20F3N5O2. The van der Waals surface area contributed by atoms with Crippen LogP contribution >= 0.6 is 0 Å². The molecule has 0 bridgehead atoms. The molecule has 2 aromatic carbocycles. The highest BCUT2D eigenvalue weighted by Crippen LogP contribution is 2.20. The number of hydrogen-bond acceptors (Lipinski definition) is 4. The molecule has 1 heterocycles. The third kappa shape index (κ3) is 5.62. The average Bonchev–Trinajstić information content (AvgIpc) is 3.24. The first kappa shape index (κ1) is 21.9. The maximum atomic E-state index is 13.6. The van der Waals surface area contributed by atoms with Gasteiger partial charge in [0.25, 0.3) is 0 Å². The zero-order valence-corrected chi connectivity index (χ0v) is 16.8. The van der Waals surface area contributed by atoms with Gasteiger partial charge in [0.1, 0.15) is 6.26 Å². The molecule has 0 saturated carbocycles. The quantitative estimate of drug-likeness (QED) is 0.316. The van der Waals surface area contributed by atoms with E-state index in [4.69, 9.17) is 4.42 Å². The van der Waals surface area contributed by atoms with Crippen LogP contribution in [0, 0.1) is 24.4 Å². The average molecular weight is 431 g/mol. The molecule has 0 saturated heterocycles. The van der Waals surface area contributed by atoms with E-state index >= 15 is 0 Å². The Bertz CT molecular complexity index is 1100. The predicted octanol–water partition coefficient (Wildman–Crippen LogP) is 3.37. The van der Waals surface area contributed by atoms with Crippen molar-refractivity contribution in [3.8, 4) is 11.5 Å². The molecule has 0 unspecified atom stereocenters. The van der Waals surface area contributed by atoms with Crippen molar-refractivity contribution >= 4 is 17.6 Å². The van der Waals surface area contributed by atoms with Crippen LogP contribution < -0.4 is 16.0 Å². The zero-order chi connectivity index (χ0) is 22.4. The molecule has 162 valence electrons. The molecular weight excluding hydrogens is 411 g/mol. The molecule has 0 aliphatic carbocycles. The van der Waals surface area contributed by atoms with Gasteiger partial charge < -0.3 is 20.4 Å². The summed E-state index contributed by atoms with van der Waals surface area (Å²) in [6.07, 6.45) is 1.51. The number of hydrogen-bond donors (Lipinski definition) is 3. The number of guanidine groups is 1. The number of aromatic nitrogens is 1. The summed E-state index contributed by atoms with van der Waals surface area (Å²) in [5, 5.41) is 7.85. The number of carbonyl (C=O) groups is 1. The van der Waals surface area contributed by atoms with Crippen LogP contribution in [0.5, 0.6) is 0 Å². The van der Waals surface area contributed by atoms with Gasteiger partial charge in [-0.25, -0.2) is 18.2 Å². The molecule has 1 aromatic heterocycles. The van der Waals surface area contributed by atoms with Crippen molar-refractivity contribution in [3.63, 3.8) is 0 Å². The topological polar surface area (TPSA) is 91.5 Å². The van der Waals surface area contributed by atoms with Crippen LogP contribution in [0.1, 0.15) is 11.3 Å². The van der Waals surface area contributed by atoms with E-state index in [2.05, 4.69) is 25.9 Å². The van der Waals surface area contributed by atoms with Crippen molar-refractivity contribution in [3.05, 3.63) is 71.4 Å². The van der Waals surface area contributed by atoms with Crippen molar-refractivity contribution in [1.29, 1.82) is 0 Å². The highest BCUT2D eigenvalue weighted by atomic mass is 19.2. The zero-order valence-electron chi connectivity index (χ0n) is 16.8. The lowest BCUT2D eigenvalue weighted by atomic mass is 10.1. The fourth-order valence-corrected chi connectivity index (χ4v) is 2.59. The molecule has 3 rings (SSSR count). The van der Waals surface area contributed by atoms with Crippen molar-refractivity contribution in [1.82, 2.24) is 15.6 Å². The first-order chi connectivity index (χ1) is 14.9. The first-order valence-corrected chi connectivity index (χ1v) is 9.26. The van der Waals surface area contributed by atoms with Gasteiger partial charge in [0.05, 0.1) is 24.5 Å². The lowest BCUT2D eigenvalue weighted by Crippen LogP contribution is -2.41. The van der Waals surface area contributed by atoms with Crippen LogP contribution in [0.15, 0.2) is 52.1 Å². The molecule has 3 N–H and O–H groups in total. The number of nitrogens with one attached hydrogen (secondary N) is 3. The normalized spacial score (nSPS) is 11.3. The number of nitrogens with zero attached hydrogens (tertiary/aromatic N) is 2. The summed E-state index contributed by atoms with van der Waals surface area (Å²) in [5.41, 5.74) is 2.13. The molecule has 0 aliphatic heterocycles. The fraction of sp³-hybridized carbons (Fsp3) is 0.190. The number of halogens is 3. The van der Waals surface area contributed by atoms with E-state index in [1.165, 1.54) is 13.3 Å². The van der Waals surface area contributed by atoms with Crippen molar-refractivity contribution in [2.45, 2.75) is 13.5 Å². The van der Waals surface area contributed by atoms with Crippen LogP contribution in [0.4, 0.5) is 18.9 Å². The van der Waals surface area contributed by atoms with Gasteiger partial charge in [-0.2, -0.15) is 0 Å². The highest BCUT2D eigenvalue weighted by Gasteiger charge is 2.15. The first-order valence-electron chi connectivity index (χ1n) is 9.26. The third-order valence-corrected chi connectivity index (χ3v) is 4.24. The Balaban J connectivity index is 1.50. The van der Waals surface area contributed by atoms with Gasteiger partial charge in [-0.15, -0.1) is 0 Å². The van der Waals surface area contributed by atoms with E-state index < -0.39 is 29.0 Å². The van der Waals surface area contributed by atoms with E-state index in [-0.39, 0.29) is 19.0 Å². The van der Waals surface area contributed by atoms with E-state index in [1.807, 2.05) is 31.2 Å². The summed E-state index contributed by atoms with van der Waals surface area (Å²) in [5.74, 6) is -4.37. The Hall–Kier alpha value is -3.82. The summed E-state index contributed by atoms with van der Waals surface area (Å²) in [6.45, 7) is 1.97. The highest BCUT2D eigenvalue weighted by molar-refractivity contribution is 5.95. The lowest BCUT2D eigenvalue weighted by Gasteiger charge is -2.11. The monoisotopic (exact) mass is 431 g/mol. The van der Waals surface area contributed by atoms with Crippen LogP contribution in [0.2, 0.25) is 0 Å². The minimum absolute atomic E-state index is 0.272. The summed E-state index contributed by atoms with van der Waals surface area (Å²) in [4.78, 5) is 20.3. The molecule has 0 spiro atoms. The number of aliphatic imine (C=N–C) groups is 1. The number of aryl methyl sites for hydroxylation is 1. The van der Waals surface area contributed by atoms with E-state index in [1.54, 1.807) is 0 Å². The number of amides is 1. The van der Waals surface area contributed by atoms with Crippen molar-refractivity contribution < 1.29 is 22.4 Å². The number of rotatable bonds is 6. The van der Waals surface area contributed by atoms with Gasteiger partial charge in [-0.05, 0) is 31.2 Å². The Morgan fingerprint density at radius 2 is 1.81 bits per heavy atom. The summed E-state index contributed by atoms with van der Waals surface area (Å²) < 4.78 is 45.3. The third-order valence-electron chi connectivity index (χ3n) is 4.24. The number of anilines is 1. The van der Waals surface area contributed by atoms with Crippen molar-refractivity contribution in [2.24, 2.45) is 4.99 Å². The van der Waals surface area contributed by atoms with E-state index in [0.717, 1.165) is 23.3 Å². The van der Waals surface area contributed by atoms with Crippen LogP contribution in [-0.2, 0) is 11.3 Å². The number of oxazole rings is 1. The van der Waals surface area contributed by atoms with E-state index in [0.29, 0.717) is 11.6 Å². The number of benzene rings is 2. The lowest BCUT2D eigenvalue weighted by molar-refractivity contribution is -0.115. The number of carbonyl (C=O) groups excluding carboxylic acids is 1. The molecule has 31 heavy (non-hydrogen) atoms. The van der Waals surface area contributed by atoms with Gasteiger partial charge in [0.2, 0.25) is 11.8 Å². The van der Waals surface area contributed by atoms with E-state index in [9.17, 15) is 18.0 Å². The second-order valence-electron chi connectivity index (χ2n) is 6.56. The second kappa shape index (κ2) is 9.79. The summed E-state index contributed by atoms with van der Waals surface area (Å²) in [6, 6.07) is 9.40. The Labute approximate surface area is 176 Å². The van der Waals surface area contributed by atoms with Gasteiger partial charge >= 0.3 is 0 Å². The van der Waals surface area contributed by atoms with Crippen LogP contribution in [0.3, 0.4) is 0 Å².